The van der Waals surface area contributed by atoms with Gasteiger partial charge in [-0.25, -0.2) is 0 Å². The SMILES string of the molecule is CNC1C(O)C(OC2C(NC(=O)C(O)CCN=C(N)N)CC(N)C(C3OC(CNCCO)=CCC3N)C2O)OCC1(C)O. The van der Waals surface area contributed by atoms with Crippen LogP contribution in [-0.4, -0.2) is 144 Å². The van der Waals surface area contributed by atoms with E-state index in [0.29, 0.717) is 25.3 Å². The number of nitrogens with zero attached hydrogens (tertiary/aromatic N) is 1. The van der Waals surface area contributed by atoms with Crippen LogP contribution < -0.4 is 38.9 Å². The summed E-state index contributed by atoms with van der Waals surface area (Å²) in [5, 5.41) is 61.6. The predicted molar refractivity (Wildman–Crippen MR) is 155 cm³/mol. The zero-order valence-electron chi connectivity index (χ0n) is 24.7. The van der Waals surface area contributed by atoms with Gasteiger partial charge in [0.05, 0.1) is 37.9 Å². The molecule has 1 saturated heterocycles. The largest absolute Gasteiger partial charge is 0.492 e. The van der Waals surface area contributed by atoms with Gasteiger partial charge in [-0.3, -0.25) is 9.79 Å². The van der Waals surface area contributed by atoms with Crippen molar-refractivity contribution in [2.75, 3.05) is 39.9 Å². The van der Waals surface area contributed by atoms with E-state index in [1.807, 2.05) is 6.08 Å². The minimum absolute atomic E-state index is 0.0130. The summed E-state index contributed by atoms with van der Waals surface area (Å²) in [6.45, 7) is 1.99. The van der Waals surface area contributed by atoms with E-state index in [0.717, 1.165) is 0 Å². The summed E-state index contributed by atoms with van der Waals surface area (Å²) in [5.41, 5.74) is 22.2. The standard InChI is InChI=1S/C26H50N8O9/c1-26(40)11-41-24(19(38)22(26)31-2)43-21-15(34-23(39)16(36)5-6-33-25(29)30)9-14(28)17(18(21)37)20-13(27)4-3-12(42-20)10-32-7-8-35/h3,13-22,24,31-32,35-38,40H,4-11,27-28H2,1-2H3,(H,34,39)(H4,29,30,33). The third-order valence-corrected chi connectivity index (χ3v) is 8.20. The summed E-state index contributed by atoms with van der Waals surface area (Å²) in [4.78, 5) is 16.7. The van der Waals surface area contributed by atoms with Crippen molar-refractivity contribution in [2.24, 2.45) is 33.8 Å². The normalized spacial score (nSPS) is 38.9. The summed E-state index contributed by atoms with van der Waals surface area (Å²) in [6, 6.07) is -2.98. The highest BCUT2D eigenvalue weighted by molar-refractivity contribution is 5.81. The average Bonchev–Trinajstić information content (AvgIpc) is 2.93. The van der Waals surface area contributed by atoms with Gasteiger partial charge in [0.2, 0.25) is 5.91 Å². The Morgan fingerprint density at radius 3 is 2.63 bits per heavy atom. The van der Waals surface area contributed by atoms with Crippen molar-refractivity contribution >= 4 is 11.9 Å². The fourth-order valence-corrected chi connectivity index (χ4v) is 5.98. The van der Waals surface area contributed by atoms with Gasteiger partial charge in [0.25, 0.3) is 0 Å². The number of aliphatic hydroxyl groups excluding tert-OH is 4. The Morgan fingerprint density at radius 1 is 1.26 bits per heavy atom. The molecular formula is C26H50N8O9. The molecule has 43 heavy (non-hydrogen) atoms. The predicted octanol–water partition coefficient (Wildman–Crippen LogP) is -5.77. The molecule has 17 nitrogen and oxygen atoms in total. The molecule has 0 aromatic rings. The Kier molecular flexibility index (Phi) is 12.9. The number of hydrogen-bond acceptors (Lipinski definition) is 14. The Hall–Kier alpha value is -2.16. The minimum Gasteiger partial charge on any atom is -0.492 e. The average molecular weight is 619 g/mol. The van der Waals surface area contributed by atoms with Gasteiger partial charge >= 0.3 is 0 Å². The van der Waals surface area contributed by atoms with Crippen LogP contribution in [0.1, 0.15) is 26.2 Å². The number of hydrogen-bond donors (Lipinski definition) is 12. The molecule has 3 aliphatic rings. The van der Waals surface area contributed by atoms with Crippen LogP contribution in [0.25, 0.3) is 0 Å². The molecule has 1 amide bonds. The summed E-state index contributed by atoms with van der Waals surface area (Å²) in [6.07, 6.45) is -5.06. The van der Waals surface area contributed by atoms with Crippen molar-refractivity contribution in [3.63, 3.8) is 0 Å². The lowest BCUT2D eigenvalue weighted by Crippen LogP contribution is -2.69. The number of likely N-dealkylation sites (N-methyl/N-ethyl adjacent to an activating group) is 1. The third kappa shape index (κ3) is 8.95. The number of nitrogens with two attached hydrogens (primary N) is 4. The summed E-state index contributed by atoms with van der Waals surface area (Å²) in [5.74, 6) is -1.11. The summed E-state index contributed by atoms with van der Waals surface area (Å²) >= 11 is 0. The topological polar surface area (TPSA) is 298 Å². The highest BCUT2D eigenvalue weighted by Gasteiger charge is 2.53. The quantitative estimate of drug-likeness (QED) is 0.0520. The molecule has 0 radical (unpaired) electrons. The van der Waals surface area contributed by atoms with Gasteiger partial charge in [-0.2, -0.15) is 0 Å². The molecule has 12 unspecified atom stereocenters. The number of nitrogens with one attached hydrogen (secondary N) is 3. The zero-order valence-corrected chi connectivity index (χ0v) is 24.7. The Labute approximate surface area is 251 Å². The first-order valence-corrected chi connectivity index (χ1v) is 14.6. The van der Waals surface area contributed by atoms with Crippen LogP contribution in [0, 0.1) is 5.92 Å². The lowest BCUT2D eigenvalue weighted by atomic mass is 9.72. The van der Waals surface area contributed by atoms with Gasteiger partial charge in [-0.15, -0.1) is 0 Å². The van der Waals surface area contributed by atoms with Crippen molar-refractivity contribution < 1.29 is 44.5 Å². The van der Waals surface area contributed by atoms with Crippen molar-refractivity contribution in [2.45, 2.75) is 92.8 Å². The molecule has 248 valence electrons. The van der Waals surface area contributed by atoms with E-state index in [1.165, 1.54) is 6.92 Å². The van der Waals surface area contributed by atoms with Crippen LogP contribution >= 0.6 is 0 Å². The maximum atomic E-state index is 12.9. The second kappa shape index (κ2) is 15.7. The van der Waals surface area contributed by atoms with Gasteiger partial charge in [0.15, 0.2) is 12.2 Å². The van der Waals surface area contributed by atoms with Crippen molar-refractivity contribution in [3.05, 3.63) is 11.8 Å². The van der Waals surface area contributed by atoms with Gasteiger partial charge in [0, 0.05) is 37.5 Å². The number of ether oxygens (including phenoxy) is 3. The number of carbonyl (C=O) groups excluding carboxylic acids is 1. The first-order valence-electron chi connectivity index (χ1n) is 14.6. The second-order valence-corrected chi connectivity index (χ2v) is 11.6. The van der Waals surface area contributed by atoms with E-state index in [-0.39, 0.29) is 38.6 Å². The van der Waals surface area contributed by atoms with Gasteiger partial charge in [-0.1, -0.05) is 0 Å². The molecule has 1 aliphatic carbocycles. The number of guanidine groups is 1. The molecule has 0 aromatic carbocycles. The Bertz CT molecular complexity index is 969. The first-order chi connectivity index (χ1) is 20.3. The van der Waals surface area contributed by atoms with Crippen LogP contribution in [-0.2, 0) is 19.0 Å². The first kappa shape index (κ1) is 35.3. The van der Waals surface area contributed by atoms with Crippen molar-refractivity contribution in [1.29, 1.82) is 0 Å². The number of aliphatic imine (C=N–C) groups is 1. The monoisotopic (exact) mass is 618 g/mol. The van der Waals surface area contributed by atoms with E-state index < -0.39 is 78.4 Å². The second-order valence-electron chi connectivity index (χ2n) is 11.6. The lowest BCUT2D eigenvalue weighted by molar-refractivity contribution is -0.297. The number of aliphatic hydroxyl groups is 5. The summed E-state index contributed by atoms with van der Waals surface area (Å²) in [7, 11) is 1.57. The fourth-order valence-electron chi connectivity index (χ4n) is 5.98. The van der Waals surface area contributed by atoms with Crippen LogP contribution in [0.5, 0.6) is 0 Å². The molecule has 0 aromatic heterocycles. The van der Waals surface area contributed by atoms with E-state index in [4.69, 9.17) is 42.3 Å². The third-order valence-electron chi connectivity index (χ3n) is 8.20. The molecule has 12 atom stereocenters. The smallest absolute Gasteiger partial charge is 0.249 e. The number of carbonyl (C=O) groups is 1. The van der Waals surface area contributed by atoms with E-state index >= 15 is 0 Å². The molecule has 2 aliphatic heterocycles. The highest BCUT2D eigenvalue weighted by atomic mass is 16.7. The van der Waals surface area contributed by atoms with Gasteiger partial charge in [-0.05, 0) is 32.9 Å². The maximum absolute atomic E-state index is 12.9. The van der Waals surface area contributed by atoms with Crippen LogP contribution in [0.2, 0.25) is 0 Å². The van der Waals surface area contributed by atoms with Crippen LogP contribution in [0.4, 0.5) is 0 Å². The minimum atomic E-state index is -1.47. The van der Waals surface area contributed by atoms with Gasteiger partial charge < -0.3 is 78.6 Å². The highest BCUT2D eigenvalue weighted by Crippen LogP contribution is 2.36. The zero-order chi connectivity index (χ0) is 31.9. The van der Waals surface area contributed by atoms with Crippen molar-refractivity contribution in [1.82, 2.24) is 16.0 Å². The summed E-state index contributed by atoms with van der Waals surface area (Å²) < 4.78 is 18.0. The lowest BCUT2D eigenvalue weighted by Gasteiger charge is -2.50. The molecule has 1 saturated carbocycles. The number of rotatable bonds is 13. The molecule has 16 N–H and O–H groups in total. The van der Waals surface area contributed by atoms with E-state index in [2.05, 4.69) is 20.9 Å². The van der Waals surface area contributed by atoms with Gasteiger partial charge in [0.1, 0.15) is 35.8 Å². The Balaban J connectivity index is 1.83. The fraction of sp³-hybridized carbons (Fsp3) is 0.846. The molecule has 3 rings (SSSR count). The molecule has 2 heterocycles. The molecule has 2 fully saturated rings. The van der Waals surface area contributed by atoms with Crippen LogP contribution in [0.15, 0.2) is 16.8 Å². The molecule has 0 bridgehead atoms. The van der Waals surface area contributed by atoms with E-state index in [9.17, 15) is 25.2 Å². The molecule has 17 heteroatoms. The van der Waals surface area contributed by atoms with E-state index in [1.54, 1.807) is 7.05 Å². The van der Waals surface area contributed by atoms with Crippen molar-refractivity contribution in [3.8, 4) is 0 Å². The van der Waals surface area contributed by atoms with Crippen LogP contribution in [0.3, 0.4) is 0 Å². The Morgan fingerprint density at radius 2 is 1.98 bits per heavy atom. The molecule has 0 spiro atoms. The molecular weight excluding hydrogens is 568 g/mol. The number of amides is 1. The maximum Gasteiger partial charge on any atom is 0.249 e.